The molecule has 0 atom stereocenters. The monoisotopic (exact) mass is 514 g/mol. The molecule has 0 aliphatic heterocycles. The molecular formula is C22H19BrN4O2S2. The number of thioether (sulfide) groups is 1. The minimum absolute atomic E-state index is 0.0997. The molecule has 2 heterocycles. The van der Waals surface area contributed by atoms with Crippen LogP contribution in [0, 0.1) is 6.92 Å². The third kappa shape index (κ3) is 5.00. The number of hydrogen-bond donors (Lipinski definition) is 1. The van der Waals surface area contributed by atoms with Crippen molar-refractivity contribution in [3.8, 4) is 22.1 Å². The Morgan fingerprint density at radius 3 is 2.68 bits per heavy atom. The number of carbonyl (C=O) groups excluding carboxylic acids is 1. The number of thiophene rings is 1. The number of aromatic nitrogens is 3. The molecule has 9 heteroatoms. The van der Waals surface area contributed by atoms with Crippen LogP contribution in [0.5, 0.6) is 5.75 Å². The number of anilines is 1. The van der Waals surface area contributed by atoms with E-state index in [4.69, 9.17) is 4.74 Å². The number of ether oxygens (including phenoxy) is 1. The van der Waals surface area contributed by atoms with E-state index in [0.717, 1.165) is 37.9 Å². The SMILES string of the molecule is COc1ccc(-n2c(SCC(=O)Nc3ccc(Br)cc3C)nnc2-c2cccs2)cc1. The highest BCUT2D eigenvalue weighted by Gasteiger charge is 2.18. The lowest BCUT2D eigenvalue weighted by atomic mass is 10.2. The zero-order valence-electron chi connectivity index (χ0n) is 16.8. The van der Waals surface area contributed by atoms with Gasteiger partial charge in [-0.3, -0.25) is 9.36 Å². The fourth-order valence-electron chi connectivity index (χ4n) is 2.98. The van der Waals surface area contributed by atoms with Crippen molar-refractivity contribution in [1.82, 2.24) is 14.8 Å². The molecular weight excluding hydrogens is 496 g/mol. The highest BCUT2D eigenvalue weighted by atomic mass is 79.9. The van der Waals surface area contributed by atoms with E-state index in [1.165, 1.54) is 11.8 Å². The largest absolute Gasteiger partial charge is 0.497 e. The maximum atomic E-state index is 12.6. The molecule has 1 amide bonds. The van der Waals surface area contributed by atoms with Crippen molar-refractivity contribution in [2.75, 3.05) is 18.2 Å². The topological polar surface area (TPSA) is 69.0 Å². The van der Waals surface area contributed by atoms with Crippen LogP contribution in [0.2, 0.25) is 0 Å². The van der Waals surface area contributed by atoms with Gasteiger partial charge in [-0.15, -0.1) is 21.5 Å². The van der Waals surface area contributed by atoms with Crippen LogP contribution in [-0.4, -0.2) is 33.5 Å². The molecule has 0 aliphatic rings. The van der Waals surface area contributed by atoms with E-state index in [0.29, 0.717) is 5.16 Å². The first-order valence-corrected chi connectivity index (χ1v) is 12.0. The molecule has 31 heavy (non-hydrogen) atoms. The van der Waals surface area contributed by atoms with Crippen LogP contribution in [-0.2, 0) is 4.79 Å². The molecule has 4 rings (SSSR count). The van der Waals surface area contributed by atoms with Crippen molar-refractivity contribution >= 4 is 50.6 Å². The molecule has 2 aromatic heterocycles. The summed E-state index contributed by atoms with van der Waals surface area (Å²) in [5.74, 6) is 1.63. The first-order chi connectivity index (χ1) is 15.0. The number of benzene rings is 2. The first kappa shape index (κ1) is 21.6. The molecule has 0 fully saturated rings. The Hall–Kier alpha value is -2.62. The van der Waals surface area contributed by atoms with E-state index in [1.807, 2.05) is 71.5 Å². The lowest BCUT2D eigenvalue weighted by Gasteiger charge is -2.11. The molecule has 6 nitrogen and oxygen atoms in total. The van der Waals surface area contributed by atoms with Gasteiger partial charge in [0, 0.05) is 10.2 Å². The maximum Gasteiger partial charge on any atom is 0.234 e. The van der Waals surface area contributed by atoms with Crippen LogP contribution in [0.3, 0.4) is 0 Å². The molecule has 0 saturated carbocycles. The third-order valence-electron chi connectivity index (χ3n) is 4.50. The van der Waals surface area contributed by atoms with Gasteiger partial charge in [0.25, 0.3) is 0 Å². The lowest BCUT2D eigenvalue weighted by Crippen LogP contribution is -2.15. The van der Waals surface area contributed by atoms with Crippen molar-refractivity contribution in [3.05, 3.63) is 70.0 Å². The Morgan fingerprint density at radius 1 is 1.19 bits per heavy atom. The quantitative estimate of drug-likeness (QED) is 0.315. The van der Waals surface area contributed by atoms with Crippen LogP contribution in [0.1, 0.15) is 5.56 Å². The molecule has 0 saturated heterocycles. The molecule has 0 unspecified atom stereocenters. The Labute approximate surface area is 196 Å². The molecule has 2 aromatic carbocycles. The predicted octanol–water partition coefficient (Wildman–Crippen LogP) is 5.81. The molecule has 1 N–H and O–H groups in total. The highest BCUT2D eigenvalue weighted by Crippen LogP contribution is 2.31. The Morgan fingerprint density at radius 2 is 2.00 bits per heavy atom. The molecule has 4 aromatic rings. The van der Waals surface area contributed by atoms with Crippen LogP contribution >= 0.6 is 39.0 Å². The smallest absolute Gasteiger partial charge is 0.234 e. The number of halogens is 1. The predicted molar refractivity (Wildman–Crippen MR) is 129 cm³/mol. The molecule has 0 bridgehead atoms. The van der Waals surface area contributed by atoms with E-state index in [9.17, 15) is 4.79 Å². The van der Waals surface area contributed by atoms with Crippen LogP contribution in [0.4, 0.5) is 5.69 Å². The number of amides is 1. The molecule has 158 valence electrons. The second-order valence-corrected chi connectivity index (χ2v) is 9.42. The fourth-order valence-corrected chi connectivity index (χ4v) is 4.90. The van der Waals surface area contributed by atoms with Crippen molar-refractivity contribution in [2.45, 2.75) is 12.1 Å². The van der Waals surface area contributed by atoms with Gasteiger partial charge in [0.05, 0.1) is 23.4 Å². The summed E-state index contributed by atoms with van der Waals surface area (Å²) in [5.41, 5.74) is 2.69. The summed E-state index contributed by atoms with van der Waals surface area (Å²) in [6, 6.07) is 17.4. The fraction of sp³-hybridized carbons (Fsp3) is 0.136. The van der Waals surface area contributed by atoms with Gasteiger partial charge in [-0.05, 0) is 66.4 Å². The number of rotatable bonds is 7. The summed E-state index contributed by atoms with van der Waals surface area (Å²) in [6.07, 6.45) is 0. The van der Waals surface area contributed by atoms with Gasteiger partial charge in [0.1, 0.15) is 5.75 Å². The summed E-state index contributed by atoms with van der Waals surface area (Å²) < 4.78 is 8.22. The summed E-state index contributed by atoms with van der Waals surface area (Å²) >= 11 is 6.38. The van der Waals surface area contributed by atoms with Crippen LogP contribution in [0.15, 0.2) is 69.6 Å². The number of aryl methyl sites for hydroxylation is 1. The van der Waals surface area contributed by atoms with E-state index in [1.54, 1.807) is 18.4 Å². The average molecular weight is 515 g/mol. The van der Waals surface area contributed by atoms with Crippen molar-refractivity contribution < 1.29 is 9.53 Å². The first-order valence-electron chi connectivity index (χ1n) is 9.37. The minimum atomic E-state index is -0.0997. The van der Waals surface area contributed by atoms with E-state index >= 15 is 0 Å². The lowest BCUT2D eigenvalue weighted by molar-refractivity contribution is -0.113. The Balaban J connectivity index is 1.57. The van der Waals surface area contributed by atoms with Gasteiger partial charge in [-0.2, -0.15) is 0 Å². The molecule has 0 aliphatic carbocycles. The van der Waals surface area contributed by atoms with Gasteiger partial charge in [0.15, 0.2) is 11.0 Å². The summed E-state index contributed by atoms with van der Waals surface area (Å²) in [6.45, 7) is 1.96. The van der Waals surface area contributed by atoms with Crippen LogP contribution < -0.4 is 10.1 Å². The second kappa shape index (κ2) is 9.67. The number of methoxy groups -OCH3 is 1. The zero-order chi connectivity index (χ0) is 21.8. The zero-order valence-corrected chi connectivity index (χ0v) is 20.1. The molecule has 0 radical (unpaired) electrons. The third-order valence-corrected chi connectivity index (χ3v) is 6.79. The minimum Gasteiger partial charge on any atom is -0.497 e. The number of nitrogens with one attached hydrogen (secondary N) is 1. The second-order valence-electron chi connectivity index (χ2n) is 6.61. The Bertz CT molecular complexity index is 1190. The number of carbonyl (C=O) groups is 1. The van der Waals surface area contributed by atoms with E-state index in [2.05, 4.69) is 31.4 Å². The highest BCUT2D eigenvalue weighted by molar-refractivity contribution is 9.10. The van der Waals surface area contributed by atoms with E-state index in [-0.39, 0.29) is 11.7 Å². The van der Waals surface area contributed by atoms with E-state index < -0.39 is 0 Å². The number of hydrogen-bond acceptors (Lipinski definition) is 6. The van der Waals surface area contributed by atoms with Gasteiger partial charge >= 0.3 is 0 Å². The molecule has 0 spiro atoms. The van der Waals surface area contributed by atoms with Gasteiger partial charge in [-0.25, -0.2) is 0 Å². The standard InChI is InChI=1S/C22H19BrN4O2S2/c1-14-12-15(23)5-10-18(14)24-20(28)13-31-22-26-25-21(19-4-3-11-30-19)27(22)16-6-8-17(29-2)9-7-16/h3-12H,13H2,1-2H3,(H,24,28). The number of nitrogens with zero attached hydrogens (tertiary/aromatic N) is 3. The van der Waals surface area contributed by atoms with Crippen molar-refractivity contribution in [3.63, 3.8) is 0 Å². The van der Waals surface area contributed by atoms with Crippen molar-refractivity contribution in [2.24, 2.45) is 0 Å². The van der Waals surface area contributed by atoms with Gasteiger partial charge in [0.2, 0.25) is 5.91 Å². The summed E-state index contributed by atoms with van der Waals surface area (Å²) in [4.78, 5) is 13.6. The van der Waals surface area contributed by atoms with Gasteiger partial charge in [-0.1, -0.05) is 33.8 Å². The average Bonchev–Trinajstić information content (AvgIpc) is 3.44. The maximum absolute atomic E-state index is 12.6. The van der Waals surface area contributed by atoms with Crippen LogP contribution in [0.25, 0.3) is 16.4 Å². The van der Waals surface area contributed by atoms with Gasteiger partial charge < -0.3 is 10.1 Å². The Kier molecular flexibility index (Phi) is 6.74. The summed E-state index contributed by atoms with van der Waals surface area (Å²) in [7, 11) is 1.64. The summed E-state index contributed by atoms with van der Waals surface area (Å²) in [5, 5.41) is 14.4. The van der Waals surface area contributed by atoms with Crippen molar-refractivity contribution in [1.29, 1.82) is 0 Å². The normalized spacial score (nSPS) is 10.8.